The zero-order chi connectivity index (χ0) is 12.6. The van der Waals surface area contributed by atoms with Gasteiger partial charge in [0, 0.05) is 25.5 Å². The fourth-order valence-corrected chi connectivity index (χ4v) is 1.91. The third-order valence-electron chi connectivity index (χ3n) is 2.74. The first-order valence-electron chi connectivity index (χ1n) is 5.70. The van der Waals surface area contributed by atoms with Gasteiger partial charge in [0.25, 0.3) is 5.91 Å². The van der Waals surface area contributed by atoms with Crippen LogP contribution in [0.1, 0.15) is 30.2 Å². The Morgan fingerprint density at radius 1 is 1.35 bits per heavy atom. The molecule has 90 valence electrons. The average molecular weight is 231 g/mol. The van der Waals surface area contributed by atoms with Crippen LogP contribution < -0.4 is 0 Å². The van der Waals surface area contributed by atoms with Gasteiger partial charge in [0.2, 0.25) is 0 Å². The average Bonchev–Trinajstić information content (AvgIpc) is 2.71. The summed E-state index contributed by atoms with van der Waals surface area (Å²) in [6, 6.07) is 5.97. The number of para-hydroxylation sites is 1. The van der Waals surface area contributed by atoms with Gasteiger partial charge in [-0.05, 0) is 19.9 Å². The molecule has 1 heterocycles. The molecule has 17 heavy (non-hydrogen) atoms. The summed E-state index contributed by atoms with van der Waals surface area (Å²) in [6.07, 6.45) is 1.81. The number of fused-ring (bicyclic) bond motifs is 1. The van der Waals surface area contributed by atoms with Crippen LogP contribution in [-0.2, 0) is 0 Å². The Morgan fingerprint density at radius 2 is 2.06 bits per heavy atom. The Balaban J connectivity index is 2.70. The Hall–Kier alpha value is -1.84. The zero-order valence-corrected chi connectivity index (χ0v) is 10.6. The number of hydrogen-bond acceptors (Lipinski definition) is 2. The number of carbonyl (C=O) groups excluding carboxylic acids is 1. The summed E-state index contributed by atoms with van der Waals surface area (Å²) in [5, 5.41) is 5.35. The third kappa shape index (κ3) is 1.90. The second kappa shape index (κ2) is 4.20. The Morgan fingerprint density at radius 3 is 2.65 bits per heavy atom. The van der Waals surface area contributed by atoms with Crippen LogP contribution in [0.3, 0.4) is 0 Å². The topological polar surface area (TPSA) is 38.1 Å². The van der Waals surface area contributed by atoms with Crippen LogP contribution in [0.15, 0.2) is 24.4 Å². The van der Waals surface area contributed by atoms with Crippen molar-refractivity contribution in [3.8, 4) is 0 Å². The Bertz CT molecular complexity index is 555. The maximum absolute atomic E-state index is 12.1. The van der Waals surface area contributed by atoms with Crippen molar-refractivity contribution < 1.29 is 4.79 Å². The number of rotatable bonds is 2. The van der Waals surface area contributed by atoms with E-state index in [2.05, 4.69) is 18.9 Å². The first kappa shape index (κ1) is 11.6. The monoisotopic (exact) mass is 231 g/mol. The van der Waals surface area contributed by atoms with Gasteiger partial charge in [-0.1, -0.05) is 12.1 Å². The highest BCUT2D eigenvalue weighted by atomic mass is 16.2. The van der Waals surface area contributed by atoms with Crippen LogP contribution in [0.2, 0.25) is 0 Å². The summed E-state index contributed by atoms with van der Waals surface area (Å²) in [6.45, 7) is 4.12. The predicted molar refractivity (Wildman–Crippen MR) is 68.1 cm³/mol. The molecule has 4 nitrogen and oxygen atoms in total. The van der Waals surface area contributed by atoms with E-state index < -0.39 is 0 Å². The van der Waals surface area contributed by atoms with Gasteiger partial charge in [-0.2, -0.15) is 5.10 Å². The minimum atomic E-state index is 0.0120. The summed E-state index contributed by atoms with van der Waals surface area (Å²) < 4.78 is 1.89. The van der Waals surface area contributed by atoms with Crippen LogP contribution in [0, 0.1) is 0 Å². The van der Waals surface area contributed by atoms with Crippen molar-refractivity contribution in [2.24, 2.45) is 0 Å². The molecule has 0 atom stereocenters. The molecule has 2 aromatic rings. The number of nitrogens with zero attached hydrogens (tertiary/aromatic N) is 3. The lowest BCUT2D eigenvalue weighted by molar-refractivity contribution is 0.0829. The minimum Gasteiger partial charge on any atom is -0.345 e. The zero-order valence-electron chi connectivity index (χ0n) is 10.6. The highest BCUT2D eigenvalue weighted by Crippen LogP contribution is 2.22. The number of aromatic nitrogens is 2. The summed E-state index contributed by atoms with van der Waals surface area (Å²) in [5.41, 5.74) is 1.62. The molecule has 0 aliphatic carbocycles. The van der Waals surface area contributed by atoms with Crippen LogP contribution >= 0.6 is 0 Å². The lowest BCUT2D eigenvalue weighted by Crippen LogP contribution is -2.22. The molecule has 0 spiro atoms. The third-order valence-corrected chi connectivity index (χ3v) is 2.74. The predicted octanol–water partition coefficient (Wildman–Crippen LogP) is 2.32. The van der Waals surface area contributed by atoms with E-state index in [1.165, 1.54) is 0 Å². The van der Waals surface area contributed by atoms with Crippen LogP contribution in [-0.4, -0.2) is 34.7 Å². The fraction of sp³-hybridized carbons (Fsp3) is 0.385. The molecule has 0 aliphatic heterocycles. The lowest BCUT2D eigenvalue weighted by Gasteiger charge is -2.14. The summed E-state index contributed by atoms with van der Waals surface area (Å²) in [4.78, 5) is 13.7. The van der Waals surface area contributed by atoms with Gasteiger partial charge < -0.3 is 4.90 Å². The maximum Gasteiger partial charge on any atom is 0.255 e. The molecule has 2 rings (SSSR count). The molecule has 0 radical (unpaired) electrons. The molecule has 0 aliphatic rings. The van der Waals surface area contributed by atoms with Crippen LogP contribution in [0.5, 0.6) is 0 Å². The van der Waals surface area contributed by atoms with E-state index in [-0.39, 0.29) is 11.9 Å². The van der Waals surface area contributed by atoms with Crippen molar-refractivity contribution in [1.82, 2.24) is 14.7 Å². The molecule has 1 amide bonds. The van der Waals surface area contributed by atoms with Gasteiger partial charge in [-0.3, -0.25) is 9.48 Å². The minimum absolute atomic E-state index is 0.0120. The molecule has 0 bridgehead atoms. The molecule has 1 aromatic carbocycles. The van der Waals surface area contributed by atoms with E-state index in [0.717, 1.165) is 10.9 Å². The molecule has 0 saturated carbocycles. The first-order chi connectivity index (χ1) is 8.02. The van der Waals surface area contributed by atoms with Crippen molar-refractivity contribution in [2.75, 3.05) is 14.1 Å². The quantitative estimate of drug-likeness (QED) is 0.795. The molecular weight excluding hydrogens is 214 g/mol. The Labute approximate surface area is 101 Å². The number of hydrogen-bond donors (Lipinski definition) is 0. The van der Waals surface area contributed by atoms with Crippen molar-refractivity contribution in [1.29, 1.82) is 0 Å². The number of benzene rings is 1. The smallest absolute Gasteiger partial charge is 0.255 e. The van der Waals surface area contributed by atoms with Crippen molar-refractivity contribution in [2.45, 2.75) is 19.9 Å². The molecule has 0 fully saturated rings. The molecule has 1 aromatic heterocycles. The van der Waals surface area contributed by atoms with Crippen LogP contribution in [0.25, 0.3) is 10.9 Å². The summed E-state index contributed by atoms with van der Waals surface area (Å²) in [7, 11) is 3.52. The van der Waals surface area contributed by atoms with Gasteiger partial charge >= 0.3 is 0 Å². The first-order valence-corrected chi connectivity index (χ1v) is 5.70. The highest BCUT2D eigenvalue weighted by Gasteiger charge is 2.16. The standard InChI is InChI=1S/C13H17N3O/c1-9(2)16-12-10(8-14-16)6-5-7-11(12)13(17)15(3)4/h5-9H,1-4H3. The molecule has 0 unspecified atom stereocenters. The number of amides is 1. The second-order valence-corrected chi connectivity index (χ2v) is 4.63. The van der Waals surface area contributed by atoms with E-state index in [9.17, 15) is 4.79 Å². The maximum atomic E-state index is 12.1. The van der Waals surface area contributed by atoms with Gasteiger partial charge in [0.15, 0.2) is 0 Å². The van der Waals surface area contributed by atoms with Gasteiger partial charge in [-0.15, -0.1) is 0 Å². The molecule has 4 heteroatoms. The molecule has 0 saturated heterocycles. The summed E-state index contributed by atoms with van der Waals surface area (Å²) in [5.74, 6) is 0.0120. The second-order valence-electron chi connectivity index (χ2n) is 4.63. The van der Waals surface area contributed by atoms with E-state index in [4.69, 9.17) is 0 Å². The largest absolute Gasteiger partial charge is 0.345 e. The lowest BCUT2D eigenvalue weighted by atomic mass is 10.1. The van der Waals surface area contributed by atoms with Gasteiger partial charge in [0.1, 0.15) is 0 Å². The normalized spacial score (nSPS) is 11.1. The Kier molecular flexibility index (Phi) is 2.88. The summed E-state index contributed by atoms with van der Waals surface area (Å²) >= 11 is 0. The van der Waals surface area contributed by atoms with Crippen molar-refractivity contribution >= 4 is 16.8 Å². The van der Waals surface area contributed by atoms with E-state index >= 15 is 0 Å². The molecule has 0 N–H and O–H groups in total. The van der Waals surface area contributed by atoms with Gasteiger partial charge in [-0.25, -0.2) is 0 Å². The van der Waals surface area contributed by atoms with Gasteiger partial charge in [0.05, 0.1) is 17.3 Å². The molecular formula is C13H17N3O. The fourth-order valence-electron chi connectivity index (χ4n) is 1.91. The van der Waals surface area contributed by atoms with E-state index in [1.807, 2.05) is 29.1 Å². The van der Waals surface area contributed by atoms with Crippen molar-refractivity contribution in [3.63, 3.8) is 0 Å². The van der Waals surface area contributed by atoms with Crippen molar-refractivity contribution in [3.05, 3.63) is 30.0 Å². The van der Waals surface area contributed by atoms with E-state index in [0.29, 0.717) is 5.56 Å². The van der Waals surface area contributed by atoms with Crippen LogP contribution in [0.4, 0.5) is 0 Å². The SMILES string of the molecule is CC(C)n1ncc2cccc(C(=O)N(C)C)c21. The number of carbonyl (C=O) groups is 1. The highest BCUT2D eigenvalue weighted by molar-refractivity contribution is 6.05. The van der Waals surface area contributed by atoms with E-state index in [1.54, 1.807) is 19.0 Å².